The van der Waals surface area contributed by atoms with Crippen molar-refractivity contribution in [2.75, 3.05) is 26.2 Å². The Bertz CT molecular complexity index is 691. The van der Waals surface area contributed by atoms with Crippen LogP contribution in [-0.4, -0.2) is 51.0 Å². The van der Waals surface area contributed by atoms with E-state index in [1.807, 2.05) is 12.1 Å². The first-order chi connectivity index (χ1) is 12.6. The Labute approximate surface area is 156 Å². The molecule has 26 heavy (non-hydrogen) atoms. The lowest BCUT2D eigenvalue weighted by molar-refractivity contribution is -0.121. The number of sulfonamides is 1. The number of aryl methyl sites for hydroxylation is 1. The summed E-state index contributed by atoms with van der Waals surface area (Å²) in [7, 11) is -3.39. The summed E-state index contributed by atoms with van der Waals surface area (Å²) in [5.41, 5.74) is 0.967. The first kappa shape index (κ1) is 19.3. The van der Waals surface area contributed by atoms with Gasteiger partial charge in [-0.25, -0.2) is 8.42 Å². The zero-order chi connectivity index (χ0) is 18.4. The smallest absolute Gasteiger partial charge is 0.243 e. The molecule has 0 unspecified atom stereocenters. The fourth-order valence-electron chi connectivity index (χ4n) is 3.46. The summed E-state index contributed by atoms with van der Waals surface area (Å²) < 4.78 is 32.3. The minimum absolute atomic E-state index is 0.00511. The number of nitrogens with zero attached hydrogens (tertiary/aromatic N) is 1. The van der Waals surface area contributed by atoms with E-state index in [2.05, 4.69) is 5.32 Å². The predicted octanol–water partition coefficient (Wildman–Crippen LogP) is 2.09. The van der Waals surface area contributed by atoms with E-state index >= 15 is 0 Å². The molecule has 7 heteroatoms. The summed E-state index contributed by atoms with van der Waals surface area (Å²) >= 11 is 0. The van der Waals surface area contributed by atoms with Crippen LogP contribution in [0.4, 0.5) is 0 Å². The van der Waals surface area contributed by atoms with Crippen molar-refractivity contribution in [1.82, 2.24) is 9.62 Å². The molecule has 0 spiro atoms. The van der Waals surface area contributed by atoms with Gasteiger partial charge in [0.15, 0.2) is 0 Å². The van der Waals surface area contributed by atoms with Gasteiger partial charge in [0.05, 0.1) is 11.0 Å². The maximum atomic E-state index is 12.6. The summed E-state index contributed by atoms with van der Waals surface area (Å²) in [5.74, 6) is 0.00511. The molecule has 0 aliphatic carbocycles. The van der Waals surface area contributed by atoms with Gasteiger partial charge in [-0.1, -0.05) is 18.6 Å². The molecule has 2 fully saturated rings. The molecule has 2 heterocycles. The highest BCUT2D eigenvalue weighted by molar-refractivity contribution is 7.89. The fourth-order valence-corrected chi connectivity index (χ4v) is 4.98. The third-order valence-corrected chi connectivity index (χ3v) is 6.98. The van der Waals surface area contributed by atoms with Gasteiger partial charge in [-0.05, 0) is 49.8 Å². The summed E-state index contributed by atoms with van der Waals surface area (Å²) in [4.78, 5) is 12.3. The fraction of sp³-hybridized carbons (Fsp3) is 0.632. The lowest BCUT2D eigenvalue weighted by Crippen LogP contribution is -2.35. The van der Waals surface area contributed by atoms with Gasteiger partial charge in [-0.3, -0.25) is 4.79 Å². The lowest BCUT2D eigenvalue weighted by Gasteiger charge is -2.25. The Morgan fingerprint density at radius 1 is 1.12 bits per heavy atom. The molecule has 1 atom stereocenters. The van der Waals surface area contributed by atoms with E-state index in [0.29, 0.717) is 37.4 Å². The molecular formula is C19H28N2O4S. The van der Waals surface area contributed by atoms with Crippen LogP contribution in [0.2, 0.25) is 0 Å². The van der Waals surface area contributed by atoms with Crippen LogP contribution in [0.5, 0.6) is 0 Å². The molecule has 0 radical (unpaired) electrons. The molecular weight excluding hydrogens is 352 g/mol. The largest absolute Gasteiger partial charge is 0.376 e. The topological polar surface area (TPSA) is 75.7 Å². The number of hydrogen-bond acceptors (Lipinski definition) is 4. The second-order valence-corrected chi connectivity index (χ2v) is 8.99. The van der Waals surface area contributed by atoms with Crippen LogP contribution in [0.3, 0.4) is 0 Å². The van der Waals surface area contributed by atoms with Crippen molar-refractivity contribution >= 4 is 15.9 Å². The average molecular weight is 381 g/mol. The average Bonchev–Trinajstić information content (AvgIpc) is 3.19. The number of carbonyl (C=O) groups is 1. The zero-order valence-electron chi connectivity index (χ0n) is 15.2. The first-order valence-corrected chi connectivity index (χ1v) is 11.0. The van der Waals surface area contributed by atoms with E-state index in [-0.39, 0.29) is 12.0 Å². The molecule has 1 N–H and O–H groups in total. The van der Waals surface area contributed by atoms with Crippen molar-refractivity contribution in [2.45, 2.75) is 55.9 Å². The highest BCUT2D eigenvalue weighted by Gasteiger charge is 2.25. The Balaban J connectivity index is 1.48. The number of amides is 1. The molecule has 0 aromatic heterocycles. The number of piperidine rings is 1. The maximum absolute atomic E-state index is 12.6. The third-order valence-electron chi connectivity index (χ3n) is 5.07. The van der Waals surface area contributed by atoms with Crippen LogP contribution in [0.25, 0.3) is 0 Å². The van der Waals surface area contributed by atoms with Gasteiger partial charge in [0.2, 0.25) is 15.9 Å². The second-order valence-electron chi connectivity index (χ2n) is 7.05. The van der Waals surface area contributed by atoms with E-state index in [1.54, 1.807) is 16.4 Å². The van der Waals surface area contributed by atoms with Crippen LogP contribution >= 0.6 is 0 Å². The van der Waals surface area contributed by atoms with Crippen LogP contribution < -0.4 is 5.32 Å². The Hall–Kier alpha value is -1.44. The quantitative estimate of drug-likeness (QED) is 0.786. The molecule has 1 aromatic carbocycles. The molecule has 3 rings (SSSR count). The maximum Gasteiger partial charge on any atom is 0.243 e. The highest BCUT2D eigenvalue weighted by Crippen LogP contribution is 2.21. The number of rotatable bonds is 7. The second kappa shape index (κ2) is 8.97. The van der Waals surface area contributed by atoms with Crippen LogP contribution in [0.15, 0.2) is 29.2 Å². The third kappa shape index (κ3) is 5.05. The summed E-state index contributed by atoms with van der Waals surface area (Å²) in [5, 5.41) is 2.91. The van der Waals surface area contributed by atoms with E-state index < -0.39 is 10.0 Å². The zero-order valence-corrected chi connectivity index (χ0v) is 16.0. The van der Waals surface area contributed by atoms with Gasteiger partial charge in [-0.2, -0.15) is 4.31 Å². The lowest BCUT2D eigenvalue weighted by atomic mass is 10.1. The highest BCUT2D eigenvalue weighted by atomic mass is 32.2. The van der Waals surface area contributed by atoms with Crippen molar-refractivity contribution in [2.24, 2.45) is 0 Å². The molecule has 2 aliphatic rings. The number of ether oxygens (including phenoxy) is 1. The van der Waals surface area contributed by atoms with E-state index in [9.17, 15) is 13.2 Å². The van der Waals surface area contributed by atoms with E-state index in [0.717, 1.165) is 44.3 Å². The van der Waals surface area contributed by atoms with Crippen molar-refractivity contribution in [3.05, 3.63) is 29.8 Å². The molecule has 0 bridgehead atoms. The van der Waals surface area contributed by atoms with Crippen molar-refractivity contribution < 1.29 is 17.9 Å². The Morgan fingerprint density at radius 2 is 1.85 bits per heavy atom. The minimum atomic E-state index is -3.39. The molecule has 0 saturated carbocycles. The first-order valence-electron chi connectivity index (χ1n) is 9.53. The van der Waals surface area contributed by atoms with Crippen LogP contribution in [0.1, 0.15) is 44.1 Å². The van der Waals surface area contributed by atoms with Gasteiger partial charge in [-0.15, -0.1) is 0 Å². The molecule has 2 aliphatic heterocycles. The number of hydrogen-bond donors (Lipinski definition) is 1. The summed E-state index contributed by atoms with van der Waals surface area (Å²) in [6.07, 6.45) is 6.17. The summed E-state index contributed by atoms with van der Waals surface area (Å²) in [6, 6.07) is 6.93. The molecule has 1 aromatic rings. The predicted molar refractivity (Wildman–Crippen MR) is 99.4 cm³/mol. The minimum Gasteiger partial charge on any atom is -0.376 e. The van der Waals surface area contributed by atoms with Crippen molar-refractivity contribution in [3.63, 3.8) is 0 Å². The number of benzene rings is 1. The normalized spacial score (nSPS) is 21.6. The molecule has 6 nitrogen and oxygen atoms in total. The Kier molecular flexibility index (Phi) is 6.67. The van der Waals surface area contributed by atoms with Gasteiger partial charge in [0, 0.05) is 32.7 Å². The van der Waals surface area contributed by atoms with Gasteiger partial charge < -0.3 is 10.1 Å². The van der Waals surface area contributed by atoms with Crippen LogP contribution in [-0.2, 0) is 26.0 Å². The van der Waals surface area contributed by atoms with E-state index in [1.165, 1.54) is 0 Å². The molecule has 2 saturated heterocycles. The standard InChI is InChI=1S/C19H28N2O4S/c22-19(20-15-17-5-4-14-25-17)11-8-16-6-9-18(10-7-16)26(23,24)21-12-2-1-3-13-21/h6-7,9-10,17H,1-5,8,11-15H2,(H,20,22)/t17-/m0/s1. The molecule has 144 valence electrons. The monoisotopic (exact) mass is 380 g/mol. The van der Waals surface area contributed by atoms with Crippen molar-refractivity contribution in [3.8, 4) is 0 Å². The van der Waals surface area contributed by atoms with Gasteiger partial charge in [0.1, 0.15) is 0 Å². The van der Waals surface area contributed by atoms with Crippen molar-refractivity contribution in [1.29, 1.82) is 0 Å². The molecule has 1 amide bonds. The van der Waals surface area contributed by atoms with E-state index in [4.69, 9.17) is 4.74 Å². The Morgan fingerprint density at radius 3 is 2.50 bits per heavy atom. The summed E-state index contributed by atoms with van der Waals surface area (Å²) in [6.45, 7) is 2.57. The SMILES string of the molecule is O=C(CCc1ccc(S(=O)(=O)N2CCCCC2)cc1)NC[C@@H]1CCCO1. The number of nitrogens with one attached hydrogen (secondary N) is 1. The van der Waals surface area contributed by atoms with Crippen LogP contribution in [0, 0.1) is 0 Å². The van der Waals surface area contributed by atoms with Gasteiger partial charge >= 0.3 is 0 Å². The van der Waals surface area contributed by atoms with Gasteiger partial charge in [0.25, 0.3) is 0 Å². The number of carbonyl (C=O) groups excluding carboxylic acids is 1.